The lowest BCUT2D eigenvalue weighted by molar-refractivity contribution is -0.384. The Hall–Kier alpha value is -1.27. The van der Waals surface area contributed by atoms with Gasteiger partial charge in [-0.05, 0) is 6.07 Å². The first-order chi connectivity index (χ1) is 6.54. The van der Waals surface area contributed by atoms with E-state index < -0.39 is 17.3 Å². The molecule has 1 aromatic rings. The van der Waals surface area contributed by atoms with Gasteiger partial charge in [0.15, 0.2) is 5.78 Å². The van der Waals surface area contributed by atoms with Crippen LogP contribution in [-0.2, 0) is 0 Å². The van der Waals surface area contributed by atoms with E-state index >= 15 is 0 Å². The smallest absolute Gasteiger partial charge is 0.271 e. The number of hydrogen-bond donors (Lipinski definition) is 1. The summed E-state index contributed by atoms with van der Waals surface area (Å²) < 4.78 is 0.434. The molecule has 1 rings (SSSR count). The molecule has 5 nitrogen and oxygen atoms in total. The maximum absolute atomic E-state index is 11.0. The van der Waals surface area contributed by atoms with Gasteiger partial charge in [-0.25, -0.2) is 0 Å². The van der Waals surface area contributed by atoms with Crippen LogP contribution < -0.4 is 0 Å². The molecule has 14 heavy (non-hydrogen) atoms. The Kier molecular flexibility index (Phi) is 3.32. The number of nitro groups is 1. The highest BCUT2D eigenvalue weighted by Gasteiger charge is 2.12. The highest BCUT2D eigenvalue weighted by atomic mass is 79.9. The second kappa shape index (κ2) is 4.30. The molecular formula is C8H6BrNO4. The molecule has 0 aliphatic heterocycles. The number of ketones is 1. The third kappa shape index (κ3) is 2.36. The number of aliphatic hydroxyl groups excluding tert-OH is 1. The van der Waals surface area contributed by atoms with Crippen LogP contribution in [0.2, 0.25) is 0 Å². The highest BCUT2D eigenvalue weighted by Crippen LogP contribution is 2.21. The van der Waals surface area contributed by atoms with Gasteiger partial charge < -0.3 is 5.11 Å². The van der Waals surface area contributed by atoms with E-state index in [-0.39, 0.29) is 11.3 Å². The zero-order valence-electron chi connectivity index (χ0n) is 6.94. The number of non-ortho nitro benzene ring substituents is 1. The molecule has 0 spiro atoms. The average Bonchev–Trinajstić information content (AvgIpc) is 2.15. The van der Waals surface area contributed by atoms with Gasteiger partial charge in [0.2, 0.25) is 0 Å². The van der Waals surface area contributed by atoms with Crippen LogP contribution >= 0.6 is 15.9 Å². The molecule has 0 unspecified atom stereocenters. The van der Waals surface area contributed by atoms with Crippen LogP contribution in [0.1, 0.15) is 10.4 Å². The Balaban J connectivity index is 3.20. The van der Waals surface area contributed by atoms with Crippen molar-refractivity contribution >= 4 is 27.4 Å². The minimum absolute atomic E-state index is 0.119. The maximum Gasteiger partial charge on any atom is 0.271 e. The van der Waals surface area contributed by atoms with Crippen molar-refractivity contribution in [3.8, 4) is 0 Å². The van der Waals surface area contributed by atoms with Gasteiger partial charge in [-0.2, -0.15) is 0 Å². The first-order valence-corrected chi connectivity index (χ1v) is 4.43. The predicted molar refractivity (Wildman–Crippen MR) is 52.2 cm³/mol. The molecule has 0 bridgehead atoms. The van der Waals surface area contributed by atoms with E-state index in [1.54, 1.807) is 0 Å². The Labute approximate surface area is 87.6 Å². The molecule has 0 fully saturated rings. The predicted octanol–water partition coefficient (Wildman–Crippen LogP) is 1.53. The molecule has 0 saturated carbocycles. The monoisotopic (exact) mass is 259 g/mol. The van der Waals surface area contributed by atoms with Crippen molar-refractivity contribution in [3.05, 3.63) is 38.3 Å². The molecule has 0 radical (unpaired) electrons. The lowest BCUT2D eigenvalue weighted by Gasteiger charge is -1.98. The number of nitrogens with zero attached hydrogens (tertiary/aromatic N) is 1. The van der Waals surface area contributed by atoms with Gasteiger partial charge >= 0.3 is 0 Å². The number of hydrogen-bond acceptors (Lipinski definition) is 4. The fourth-order valence-electron chi connectivity index (χ4n) is 0.932. The number of rotatable bonds is 3. The highest BCUT2D eigenvalue weighted by molar-refractivity contribution is 9.10. The Morgan fingerprint density at radius 1 is 1.50 bits per heavy atom. The molecule has 0 heterocycles. The summed E-state index contributed by atoms with van der Waals surface area (Å²) in [5.74, 6) is -0.547. The zero-order chi connectivity index (χ0) is 10.7. The van der Waals surface area contributed by atoms with Gasteiger partial charge in [-0.3, -0.25) is 14.9 Å². The standard InChI is InChI=1S/C8H6BrNO4/c9-6-1-5(8(12)4-11)2-7(3-6)10(13)14/h1-3,11H,4H2. The van der Waals surface area contributed by atoms with Crippen molar-refractivity contribution < 1.29 is 14.8 Å². The molecule has 1 aromatic carbocycles. The molecule has 0 amide bonds. The summed E-state index contributed by atoms with van der Waals surface area (Å²) in [5.41, 5.74) is -0.0650. The number of carbonyl (C=O) groups is 1. The summed E-state index contributed by atoms with van der Waals surface area (Å²) in [6.45, 7) is -0.659. The van der Waals surface area contributed by atoms with Gasteiger partial charge in [0.05, 0.1) is 4.92 Å². The van der Waals surface area contributed by atoms with Crippen molar-refractivity contribution in [1.29, 1.82) is 0 Å². The third-order valence-corrected chi connectivity index (χ3v) is 2.02. The number of Topliss-reactive ketones (excluding diaryl/α,β-unsaturated/α-hetero) is 1. The molecule has 0 aliphatic rings. The lowest BCUT2D eigenvalue weighted by Crippen LogP contribution is -2.04. The normalized spacial score (nSPS) is 9.86. The number of aliphatic hydroxyl groups is 1. The zero-order valence-corrected chi connectivity index (χ0v) is 8.52. The molecule has 1 N–H and O–H groups in total. The lowest BCUT2D eigenvalue weighted by atomic mass is 10.1. The Morgan fingerprint density at radius 2 is 2.14 bits per heavy atom. The summed E-state index contributed by atoms with van der Waals surface area (Å²) >= 11 is 3.04. The summed E-state index contributed by atoms with van der Waals surface area (Å²) in [4.78, 5) is 20.9. The van der Waals surface area contributed by atoms with Gasteiger partial charge in [0, 0.05) is 22.2 Å². The molecule has 0 atom stereocenters. The van der Waals surface area contributed by atoms with Gasteiger partial charge in [-0.1, -0.05) is 15.9 Å². The van der Waals surface area contributed by atoms with Crippen LogP contribution in [-0.4, -0.2) is 22.4 Å². The molecular weight excluding hydrogens is 254 g/mol. The summed E-state index contributed by atoms with van der Waals surface area (Å²) in [6.07, 6.45) is 0. The maximum atomic E-state index is 11.0. The molecule has 0 aliphatic carbocycles. The van der Waals surface area contributed by atoms with E-state index in [0.717, 1.165) is 6.07 Å². The number of halogens is 1. The Morgan fingerprint density at radius 3 is 2.64 bits per heavy atom. The topological polar surface area (TPSA) is 80.4 Å². The minimum Gasteiger partial charge on any atom is -0.388 e. The van der Waals surface area contributed by atoms with Crippen molar-refractivity contribution in [2.45, 2.75) is 0 Å². The van der Waals surface area contributed by atoms with Crippen LogP contribution in [0, 0.1) is 10.1 Å². The first-order valence-electron chi connectivity index (χ1n) is 3.63. The van der Waals surface area contributed by atoms with Crippen LogP contribution in [0.4, 0.5) is 5.69 Å². The molecule has 74 valence electrons. The quantitative estimate of drug-likeness (QED) is 0.507. The average molecular weight is 260 g/mol. The minimum atomic E-state index is -0.659. The van der Waals surface area contributed by atoms with Crippen LogP contribution in [0.5, 0.6) is 0 Å². The van der Waals surface area contributed by atoms with E-state index in [1.165, 1.54) is 12.1 Å². The molecule has 0 aromatic heterocycles. The summed E-state index contributed by atoms with van der Waals surface area (Å²) in [7, 11) is 0. The Bertz CT molecular complexity index is 391. The molecule has 0 saturated heterocycles. The van der Waals surface area contributed by atoms with Crippen LogP contribution in [0.25, 0.3) is 0 Å². The fraction of sp³-hybridized carbons (Fsp3) is 0.125. The largest absolute Gasteiger partial charge is 0.388 e. The van der Waals surface area contributed by atoms with E-state index in [2.05, 4.69) is 15.9 Å². The van der Waals surface area contributed by atoms with Gasteiger partial charge in [0.25, 0.3) is 5.69 Å². The second-order valence-corrected chi connectivity index (χ2v) is 3.45. The molecule has 6 heteroatoms. The van der Waals surface area contributed by atoms with E-state index in [1.807, 2.05) is 0 Å². The van der Waals surface area contributed by atoms with Gasteiger partial charge in [0.1, 0.15) is 6.61 Å². The first kappa shape index (κ1) is 10.8. The van der Waals surface area contributed by atoms with Crippen molar-refractivity contribution in [3.63, 3.8) is 0 Å². The van der Waals surface area contributed by atoms with Crippen molar-refractivity contribution in [1.82, 2.24) is 0 Å². The van der Waals surface area contributed by atoms with Crippen molar-refractivity contribution in [2.24, 2.45) is 0 Å². The van der Waals surface area contributed by atoms with E-state index in [0.29, 0.717) is 4.47 Å². The van der Waals surface area contributed by atoms with Gasteiger partial charge in [-0.15, -0.1) is 0 Å². The number of nitro benzene ring substituents is 1. The fourth-order valence-corrected chi connectivity index (χ4v) is 1.41. The van der Waals surface area contributed by atoms with Crippen LogP contribution in [0.3, 0.4) is 0 Å². The third-order valence-electron chi connectivity index (χ3n) is 1.56. The van der Waals surface area contributed by atoms with E-state index in [9.17, 15) is 14.9 Å². The number of carbonyl (C=O) groups excluding carboxylic acids is 1. The van der Waals surface area contributed by atoms with Crippen LogP contribution in [0.15, 0.2) is 22.7 Å². The second-order valence-electron chi connectivity index (χ2n) is 2.54. The van der Waals surface area contributed by atoms with Crippen molar-refractivity contribution in [2.75, 3.05) is 6.61 Å². The number of benzene rings is 1. The van der Waals surface area contributed by atoms with E-state index in [4.69, 9.17) is 5.11 Å². The summed E-state index contributed by atoms with van der Waals surface area (Å²) in [5, 5.41) is 19.0. The summed E-state index contributed by atoms with van der Waals surface area (Å²) in [6, 6.07) is 3.84. The SMILES string of the molecule is O=C(CO)c1cc(Br)cc([N+](=O)[O-])c1.